The zero-order valence-electron chi connectivity index (χ0n) is 21.1. The van der Waals surface area contributed by atoms with Gasteiger partial charge in [0.1, 0.15) is 0 Å². The van der Waals surface area contributed by atoms with Crippen molar-refractivity contribution in [3.63, 3.8) is 0 Å². The number of amides is 1. The first-order valence-electron chi connectivity index (χ1n) is 12.7. The highest BCUT2D eigenvalue weighted by Gasteiger charge is 2.41. The quantitative estimate of drug-likeness (QED) is 0.276. The molecule has 0 bridgehead atoms. The Morgan fingerprint density at radius 1 is 0.949 bits per heavy atom. The maximum absolute atomic E-state index is 13.6. The molecule has 1 amide bonds. The average molecular weight is 556 g/mol. The molecule has 5 rings (SSSR count). The van der Waals surface area contributed by atoms with Gasteiger partial charge in [0.2, 0.25) is 15.9 Å². The fourth-order valence-electron chi connectivity index (χ4n) is 4.66. The molecule has 1 heterocycles. The van der Waals surface area contributed by atoms with Gasteiger partial charge in [-0.3, -0.25) is 4.79 Å². The number of carbonyl (C=O) groups is 1. The first-order valence-corrected chi connectivity index (χ1v) is 14.1. The lowest BCUT2D eigenvalue weighted by molar-refractivity contribution is -0.137. The summed E-state index contributed by atoms with van der Waals surface area (Å²) in [6, 6.07) is 20.5. The number of fused-ring (bicyclic) bond motifs is 1. The molecule has 1 aliphatic carbocycles. The van der Waals surface area contributed by atoms with Crippen molar-refractivity contribution in [3.8, 4) is 0 Å². The van der Waals surface area contributed by atoms with E-state index in [1.165, 1.54) is 0 Å². The molecular weight excluding hydrogens is 527 g/mol. The van der Waals surface area contributed by atoms with Gasteiger partial charge in [0.25, 0.3) is 0 Å². The SMILES string of the molecule is O=C(CN(C1CC1)S(=O)(=O)c1cccc(C(F)(F)F)c1)N(CCc1c[nH]c2ccccc12)Cc1ccccc1. The monoisotopic (exact) mass is 555 g/mol. The van der Waals surface area contributed by atoms with Crippen LogP contribution in [-0.2, 0) is 34.0 Å². The van der Waals surface area contributed by atoms with E-state index >= 15 is 0 Å². The molecule has 0 unspecified atom stereocenters. The Labute approximate surface area is 225 Å². The number of nitrogens with one attached hydrogen (secondary N) is 1. The predicted octanol–water partition coefficient (Wildman–Crippen LogP) is 5.61. The van der Waals surface area contributed by atoms with Crippen molar-refractivity contribution in [1.82, 2.24) is 14.2 Å². The first-order chi connectivity index (χ1) is 18.6. The number of carbonyl (C=O) groups excluding carboxylic acids is 1. The van der Waals surface area contributed by atoms with Crippen molar-refractivity contribution >= 4 is 26.8 Å². The van der Waals surface area contributed by atoms with Crippen molar-refractivity contribution < 1.29 is 26.4 Å². The Morgan fingerprint density at radius 2 is 1.67 bits per heavy atom. The van der Waals surface area contributed by atoms with Gasteiger partial charge in [-0.2, -0.15) is 17.5 Å². The number of sulfonamides is 1. The van der Waals surface area contributed by atoms with Crippen LogP contribution in [0.5, 0.6) is 0 Å². The summed E-state index contributed by atoms with van der Waals surface area (Å²) >= 11 is 0. The van der Waals surface area contributed by atoms with Crippen LogP contribution in [0.3, 0.4) is 0 Å². The van der Waals surface area contributed by atoms with Crippen LogP contribution in [-0.4, -0.2) is 47.6 Å². The third-order valence-corrected chi connectivity index (χ3v) is 8.80. The second-order valence-corrected chi connectivity index (χ2v) is 11.6. The zero-order valence-corrected chi connectivity index (χ0v) is 21.9. The van der Waals surface area contributed by atoms with Gasteiger partial charge in [-0.15, -0.1) is 0 Å². The summed E-state index contributed by atoms with van der Waals surface area (Å²) < 4.78 is 67.9. The van der Waals surface area contributed by atoms with Crippen LogP contribution < -0.4 is 0 Å². The van der Waals surface area contributed by atoms with Crippen molar-refractivity contribution in [2.75, 3.05) is 13.1 Å². The van der Waals surface area contributed by atoms with E-state index in [9.17, 15) is 26.4 Å². The maximum Gasteiger partial charge on any atom is 0.416 e. The Morgan fingerprint density at radius 3 is 2.38 bits per heavy atom. The Kier molecular flexibility index (Phi) is 7.51. The van der Waals surface area contributed by atoms with Crippen molar-refractivity contribution in [2.24, 2.45) is 0 Å². The van der Waals surface area contributed by atoms with E-state index in [2.05, 4.69) is 4.98 Å². The average Bonchev–Trinajstić information content (AvgIpc) is 3.68. The van der Waals surface area contributed by atoms with Crippen LogP contribution in [0.1, 0.15) is 29.5 Å². The molecule has 1 N–H and O–H groups in total. The van der Waals surface area contributed by atoms with Crippen molar-refractivity contribution in [3.05, 3.63) is 102 Å². The number of halogens is 3. The van der Waals surface area contributed by atoms with Gasteiger partial charge in [-0.25, -0.2) is 8.42 Å². The molecule has 0 atom stereocenters. The molecule has 10 heteroatoms. The van der Waals surface area contributed by atoms with Gasteiger partial charge in [-0.05, 0) is 54.7 Å². The van der Waals surface area contributed by atoms with Crippen LogP contribution in [0.15, 0.2) is 90.0 Å². The van der Waals surface area contributed by atoms with Crippen LogP contribution >= 0.6 is 0 Å². The lowest BCUT2D eigenvalue weighted by Crippen LogP contribution is -2.44. The van der Waals surface area contributed by atoms with E-state index in [1.807, 2.05) is 60.8 Å². The predicted molar refractivity (Wildman–Crippen MR) is 142 cm³/mol. The number of benzene rings is 3. The normalized spacial score (nSPS) is 14.2. The summed E-state index contributed by atoms with van der Waals surface area (Å²) in [4.78, 5) is 18.0. The minimum absolute atomic E-state index is 0.282. The molecule has 0 spiro atoms. The molecule has 1 aliphatic rings. The molecule has 4 aromatic rings. The minimum atomic E-state index is -4.68. The molecule has 3 aromatic carbocycles. The van der Waals surface area contributed by atoms with Crippen LogP contribution in [0.25, 0.3) is 10.9 Å². The molecule has 0 radical (unpaired) electrons. The third kappa shape index (κ3) is 6.17. The van der Waals surface area contributed by atoms with E-state index in [0.717, 1.165) is 44.5 Å². The summed E-state index contributed by atoms with van der Waals surface area (Å²) in [5.41, 5.74) is 1.87. The number of nitrogens with zero attached hydrogens (tertiary/aromatic N) is 2. The molecule has 39 heavy (non-hydrogen) atoms. The van der Waals surface area contributed by atoms with E-state index in [-0.39, 0.29) is 6.54 Å². The summed E-state index contributed by atoms with van der Waals surface area (Å²) in [7, 11) is -4.33. The van der Waals surface area contributed by atoms with Crippen molar-refractivity contribution in [2.45, 2.75) is 42.9 Å². The van der Waals surface area contributed by atoms with Gasteiger partial charge in [0, 0.05) is 36.2 Å². The Balaban J connectivity index is 1.39. The second-order valence-electron chi connectivity index (χ2n) is 9.72. The number of hydrogen-bond donors (Lipinski definition) is 1. The summed E-state index contributed by atoms with van der Waals surface area (Å²) in [5, 5.41) is 1.05. The minimum Gasteiger partial charge on any atom is -0.361 e. The fraction of sp³-hybridized carbons (Fsp3) is 0.276. The van der Waals surface area contributed by atoms with Crippen molar-refractivity contribution in [1.29, 1.82) is 0 Å². The Hall–Kier alpha value is -3.63. The van der Waals surface area contributed by atoms with E-state index < -0.39 is 45.2 Å². The van der Waals surface area contributed by atoms with Crippen LogP contribution in [0.2, 0.25) is 0 Å². The number of aromatic amines is 1. The number of aromatic nitrogens is 1. The lowest BCUT2D eigenvalue weighted by atomic mass is 10.1. The van der Waals surface area contributed by atoms with Gasteiger partial charge in [-0.1, -0.05) is 54.6 Å². The zero-order chi connectivity index (χ0) is 27.6. The largest absolute Gasteiger partial charge is 0.416 e. The molecule has 1 saturated carbocycles. The maximum atomic E-state index is 13.6. The second kappa shape index (κ2) is 10.9. The highest BCUT2D eigenvalue weighted by molar-refractivity contribution is 7.89. The molecular formula is C29H28F3N3O3S. The van der Waals surface area contributed by atoms with Gasteiger partial charge >= 0.3 is 6.18 Å². The van der Waals surface area contributed by atoms with Gasteiger partial charge in [0.05, 0.1) is 17.0 Å². The number of alkyl halides is 3. The van der Waals surface area contributed by atoms with Crippen LogP contribution in [0.4, 0.5) is 13.2 Å². The third-order valence-electron chi connectivity index (χ3n) is 6.91. The van der Waals surface area contributed by atoms with Gasteiger partial charge < -0.3 is 9.88 Å². The fourth-order valence-corrected chi connectivity index (χ4v) is 6.34. The van der Waals surface area contributed by atoms with E-state index in [0.29, 0.717) is 31.9 Å². The first kappa shape index (κ1) is 27.0. The number of H-pyrrole nitrogens is 1. The van der Waals surface area contributed by atoms with Crippen LogP contribution in [0, 0.1) is 0 Å². The highest BCUT2D eigenvalue weighted by Crippen LogP contribution is 2.35. The Bertz CT molecular complexity index is 1560. The standard InChI is InChI=1S/C29H28F3N3O3S/c30-29(31,32)23-9-6-10-25(17-23)39(37,38)35(24-13-14-24)20-28(36)34(19-21-7-2-1-3-8-21)16-15-22-18-33-27-12-5-4-11-26(22)27/h1-12,17-18,24,33H,13-16,19-20H2. The molecule has 0 aliphatic heterocycles. The number of para-hydroxylation sites is 1. The van der Waals surface area contributed by atoms with E-state index in [1.54, 1.807) is 4.90 Å². The smallest absolute Gasteiger partial charge is 0.361 e. The number of hydrogen-bond acceptors (Lipinski definition) is 3. The molecule has 204 valence electrons. The molecule has 1 fully saturated rings. The van der Waals surface area contributed by atoms with E-state index in [4.69, 9.17) is 0 Å². The molecule has 0 saturated heterocycles. The highest BCUT2D eigenvalue weighted by atomic mass is 32.2. The summed E-state index contributed by atoms with van der Waals surface area (Å²) in [5.74, 6) is -0.402. The van der Waals surface area contributed by atoms with Gasteiger partial charge in [0.15, 0.2) is 0 Å². The molecule has 6 nitrogen and oxygen atoms in total. The number of rotatable bonds is 10. The lowest BCUT2D eigenvalue weighted by Gasteiger charge is -2.27. The summed E-state index contributed by atoms with van der Waals surface area (Å²) in [6.45, 7) is 0.186. The molecule has 1 aromatic heterocycles. The summed E-state index contributed by atoms with van der Waals surface area (Å²) in [6.07, 6.45) is -1.11. The topological polar surface area (TPSA) is 73.5 Å².